The molecule has 33 heavy (non-hydrogen) atoms. The topological polar surface area (TPSA) is 92.3 Å². The molecule has 0 spiro atoms. The zero-order chi connectivity index (χ0) is 24.1. The van der Waals surface area contributed by atoms with Gasteiger partial charge in [0.15, 0.2) is 17.2 Å². The largest absolute Gasteiger partial charge is 0.493 e. The van der Waals surface area contributed by atoms with Gasteiger partial charge in [-0.2, -0.15) is 0 Å². The Hall–Kier alpha value is -3.42. The van der Waals surface area contributed by atoms with Crippen molar-refractivity contribution in [2.24, 2.45) is 0 Å². The van der Waals surface area contributed by atoms with Crippen LogP contribution < -0.4 is 34.4 Å². The van der Waals surface area contributed by atoms with E-state index in [0.717, 1.165) is 11.1 Å². The zero-order valence-corrected chi connectivity index (χ0v) is 20.0. The van der Waals surface area contributed by atoms with Crippen LogP contribution in [0.3, 0.4) is 0 Å². The van der Waals surface area contributed by atoms with Gasteiger partial charge in [0.2, 0.25) is 22.8 Å². The highest BCUT2D eigenvalue weighted by atomic mass is 16.5. The van der Waals surface area contributed by atoms with Crippen LogP contribution in [0.4, 0.5) is 0 Å². The third-order valence-corrected chi connectivity index (χ3v) is 5.55. The van der Waals surface area contributed by atoms with E-state index in [2.05, 4.69) is 5.32 Å². The van der Waals surface area contributed by atoms with E-state index in [9.17, 15) is 9.59 Å². The number of hydrogen-bond acceptors (Lipinski definition) is 7. The summed E-state index contributed by atoms with van der Waals surface area (Å²) in [5.41, 5.74) is 2.74. The Morgan fingerprint density at radius 1 is 0.939 bits per heavy atom. The Bertz CT molecular complexity index is 1100. The van der Waals surface area contributed by atoms with E-state index in [1.807, 2.05) is 19.9 Å². The van der Waals surface area contributed by atoms with E-state index in [-0.39, 0.29) is 17.1 Å². The first-order valence-corrected chi connectivity index (χ1v) is 11.0. The molecule has 0 aliphatic heterocycles. The lowest BCUT2D eigenvalue weighted by atomic mass is 9.95. The molecule has 2 aromatic carbocycles. The lowest BCUT2D eigenvalue weighted by Gasteiger charge is -2.20. The Kier molecular flexibility index (Phi) is 7.68. The van der Waals surface area contributed by atoms with E-state index in [1.165, 1.54) is 13.0 Å². The summed E-state index contributed by atoms with van der Waals surface area (Å²) >= 11 is 0. The summed E-state index contributed by atoms with van der Waals surface area (Å²) in [6.45, 7) is 5.77. The van der Waals surface area contributed by atoms with Gasteiger partial charge in [-0.15, -0.1) is 0 Å². The molecule has 1 atom stereocenters. The van der Waals surface area contributed by atoms with Crippen molar-refractivity contribution < 1.29 is 28.5 Å². The van der Waals surface area contributed by atoms with E-state index >= 15 is 0 Å². The minimum atomic E-state index is -0.393. The summed E-state index contributed by atoms with van der Waals surface area (Å²) in [5, 5.41) is 2.99. The second-order valence-corrected chi connectivity index (χ2v) is 7.55. The standard InChI is InChI=1S/C25H31NO7/c1-7-32-21-13-17-16(12-19(28)23(21)33-8-2)18(26-14(3)27)10-9-15-11-20(29-4)24(30-5)25(31-6)22(15)17/h11-13,18H,7-10H2,1-6H3,(H,26,27)/t18-/m0/s1. The maximum atomic E-state index is 13.2. The van der Waals surface area contributed by atoms with Crippen LogP contribution in [0.1, 0.15) is 44.4 Å². The summed E-state index contributed by atoms with van der Waals surface area (Å²) in [6.07, 6.45) is 1.20. The molecule has 8 nitrogen and oxygen atoms in total. The summed E-state index contributed by atoms with van der Waals surface area (Å²) in [6, 6.07) is 4.83. The van der Waals surface area contributed by atoms with E-state index in [0.29, 0.717) is 60.2 Å². The van der Waals surface area contributed by atoms with Crippen molar-refractivity contribution in [2.45, 2.75) is 39.7 Å². The highest BCUT2D eigenvalue weighted by molar-refractivity contribution is 5.84. The number of carbonyl (C=O) groups is 1. The molecule has 2 aromatic rings. The fourth-order valence-electron chi connectivity index (χ4n) is 4.29. The maximum absolute atomic E-state index is 13.2. The number of nitrogens with one attached hydrogen (secondary N) is 1. The van der Waals surface area contributed by atoms with Gasteiger partial charge in [-0.3, -0.25) is 9.59 Å². The normalized spacial score (nSPS) is 14.3. The van der Waals surface area contributed by atoms with Crippen LogP contribution in [0.15, 0.2) is 23.0 Å². The predicted molar refractivity (Wildman–Crippen MR) is 125 cm³/mol. The second-order valence-electron chi connectivity index (χ2n) is 7.55. The summed E-state index contributed by atoms with van der Waals surface area (Å²) in [7, 11) is 4.67. The van der Waals surface area contributed by atoms with Crippen molar-refractivity contribution in [3.63, 3.8) is 0 Å². The highest BCUT2D eigenvalue weighted by Gasteiger charge is 2.30. The maximum Gasteiger partial charge on any atom is 0.224 e. The number of aryl methyl sites for hydroxylation is 1. The molecule has 3 rings (SSSR count). The molecule has 0 bridgehead atoms. The molecule has 178 valence electrons. The average Bonchev–Trinajstić information content (AvgIpc) is 3.01. The van der Waals surface area contributed by atoms with Crippen molar-refractivity contribution in [1.82, 2.24) is 5.32 Å². The molecule has 1 N–H and O–H groups in total. The molecule has 1 amide bonds. The number of rotatable bonds is 8. The van der Waals surface area contributed by atoms with Crippen molar-refractivity contribution in [3.05, 3.63) is 39.5 Å². The van der Waals surface area contributed by atoms with Gasteiger partial charge >= 0.3 is 0 Å². The van der Waals surface area contributed by atoms with E-state index in [1.54, 1.807) is 27.4 Å². The van der Waals surface area contributed by atoms with Crippen molar-refractivity contribution in [1.29, 1.82) is 0 Å². The first-order chi connectivity index (χ1) is 15.9. The van der Waals surface area contributed by atoms with Crippen molar-refractivity contribution in [3.8, 4) is 39.9 Å². The predicted octanol–water partition coefficient (Wildman–Crippen LogP) is 3.66. The molecule has 0 saturated heterocycles. The van der Waals surface area contributed by atoms with E-state index in [4.69, 9.17) is 23.7 Å². The number of carbonyl (C=O) groups excluding carboxylic acids is 1. The highest BCUT2D eigenvalue weighted by Crippen LogP contribution is 2.51. The Labute approximate surface area is 193 Å². The van der Waals surface area contributed by atoms with Crippen LogP contribution in [0.2, 0.25) is 0 Å². The van der Waals surface area contributed by atoms with Crippen LogP contribution in [-0.4, -0.2) is 40.5 Å². The van der Waals surface area contributed by atoms with Crippen LogP contribution in [-0.2, 0) is 11.2 Å². The first-order valence-electron chi connectivity index (χ1n) is 11.0. The van der Waals surface area contributed by atoms with Gasteiger partial charge in [0.05, 0.1) is 40.6 Å². The fourth-order valence-corrected chi connectivity index (χ4v) is 4.29. The van der Waals surface area contributed by atoms with Gasteiger partial charge in [-0.1, -0.05) is 0 Å². The molecule has 0 saturated carbocycles. The lowest BCUT2D eigenvalue weighted by Crippen LogP contribution is -2.26. The van der Waals surface area contributed by atoms with Gasteiger partial charge in [-0.25, -0.2) is 0 Å². The van der Waals surface area contributed by atoms with E-state index < -0.39 is 6.04 Å². The van der Waals surface area contributed by atoms with Crippen LogP contribution in [0.25, 0.3) is 11.1 Å². The number of amides is 1. The first kappa shape index (κ1) is 24.2. The number of hydrogen-bond donors (Lipinski definition) is 1. The van der Waals surface area contributed by atoms with Gasteiger partial charge in [0, 0.05) is 12.5 Å². The van der Waals surface area contributed by atoms with Gasteiger partial charge < -0.3 is 29.0 Å². The van der Waals surface area contributed by atoms with Crippen LogP contribution in [0, 0.1) is 0 Å². The van der Waals surface area contributed by atoms with Crippen LogP contribution >= 0.6 is 0 Å². The lowest BCUT2D eigenvalue weighted by molar-refractivity contribution is -0.119. The Morgan fingerprint density at radius 2 is 1.64 bits per heavy atom. The number of benzene rings is 1. The molecule has 0 aromatic heterocycles. The monoisotopic (exact) mass is 457 g/mol. The molecular weight excluding hydrogens is 426 g/mol. The van der Waals surface area contributed by atoms with Gasteiger partial charge in [0.25, 0.3) is 0 Å². The minimum absolute atomic E-state index is 0.134. The minimum Gasteiger partial charge on any atom is -0.493 e. The second kappa shape index (κ2) is 10.5. The molecule has 0 unspecified atom stereocenters. The molecule has 1 aliphatic rings. The summed E-state index contributed by atoms with van der Waals surface area (Å²) in [4.78, 5) is 25.2. The SMILES string of the molecule is CCOc1cc2c(cc(=O)c1OCC)[C@@H](NC(C)=O)CCc1cc(OC)c(OC)c(OC)c1-2. The molecule has 8 heteroatoms. The van der Waals surface area contributed by atoms with Gasteiger partial charge in [-0.05, 0) is 61.6 Å². The number of ether oxygens (including phenoxy) is 5. The van der Waals surface area contributed by atoms with Gasteiger partial charge in [0.1, 0.15) is 0 Å². The third-order valence-electron chi connectivity index (χ3n) is 5.55. The fraction of sp³-hybridized carbons (Fsp3) is 0.440. The average molecular weight is 458 g/mol. The third kappa shape index (κ3) is 4.69. The molecule has 0 radical (unpaired) electrons. The summed E-state index contributed by atoms with van der Waals surface area (Å²) in [5.74, 6) is 1.74. The zero-order valence-electron chi connectivity index (χ0n) is 20.0. The Balaban J connectivity index is 2.49. The molecule has 1 aliphatic carbocycles. The van der Waals surface area contributed by atoms with Crippen molar-refractivity contribution >= 4 is 5.91 Å². The molecular formula is C25H31NO7. The number of fused-ring (bicyclic) bond motifs is 3. The quantitative estimate of drug-likeness (QED) is 0.647. The molecule has 0 heterocycles. The number of methoxy groups -OCH3 is 3. The smallest absolute Gasteiger partial charge is 0.224 e. The molecule has 0 fully saturated rings. The van der Waals surface area contributed by atoms with Crippen molar-refractivity contribution in [2.75, 3.05) is 34.5 Å². The summed E-state index contributed by atoms with van der Waals surface area (Å²) < 4.78 is 28.5. The van der Waals surface area contributed by atoms with Crippen LogP contribution in [0.5, 0.6) is 28.7 Å². The Morgan fingerprint density at radius 3 is 2.21 bits per heavy atom.